The SMILES string of the molecule is CCC(C)N(CC(=O)O)Cc1cccc(OC(C)C)c1. The Morgan fingerprint density at radius 3 is 2.60 bits per heavy atom. The van der Waals surface area contributed by atoms with Gasteiger partial charge in [0.2, 0.25) is 0 Å². The molecule has 4 nitrogen and oxygen atoms in total. The molecule has 1 atom stereocenters. The summed E-state index contributed by atoms with van der Waals surface area (Å²) in [5.74, 6) is 0.0387. The van der Waals surface area contributed by atoms with Crippen molar-refractivity contribution in [3.05, 3.63) is 29.8 Å². The zero-order valence-electron chi connectivity index (χ0n) is 12.8. The number of carbonyl (C=O) groups is 1. The first kappa shape index (κ1) is 16.5. The van der Waals surface area contributed by atoms with Crippen LogP contribution in [0.15, 0.2) is 24.3 Å². The minimum atomic E-state index is -0.792. The first-order valence-corrected chi connectivity index (χ1v) is 7.13. The van der Waals surface area contributed by atoms with Gasteiger partial charge < -0.3 is 9.84 Å². The maximum Gasteiger partial charge on any atom is 0.317 e. The average Bonchev–Trinajstić information content (AvgIpc) is 2.36. The van der Waals surface area contributed by atoms with Gasteiger partial charge in [-0.1, -0.05) is 19.1 Å². The summed E-state index contributed by atoms with van der Waals surface area (Å²) in [4.78, 5) is 12.9. The summed E-state index contributed by atoms with van der Waals surface area (Å²) >= 11 is 0. The molecule has 0 aliphatic heterocycles. The summed E-state index contributed by atoms with van der Waals surface area (Å²) in [5.41, 5.74) is 1.07. The smallest absolute Gasteiger partial charge is 0.317 e. The summed E-state index contributed by atoms with van der Waals surface area (Å²) in [5, 5.41) is 9.01. The molecule has 0 radical (unpaired) electrons. The molecule has 1 rings (SSSR count). The van der Waals surface area contributed by atoms with Crippen LogP contribution in [0.5, 0.6) is 5.75 Å². The van der Waals surface area contributed by atoms with Gasteiger partial charge in [-0.05, 0) is 44.9 Å². The lowest BCUT2D eigenvalue weighted by Gasteiger charge is -2.26. The Bertz CT molecular complexity index is 431. The summed E-state index contributed by atoms with van der Waals surface area (Å²) in [6.45, 7) is 8.78. The van der Waals surface area contributed by atoms with Gasteiger partial charge in [0.05, 0.1) is 12.6 Å². The second-order valence-corrected chi connectivity index (χ2v) is 5.37. The van der Waals surface area contributed by atoms with Crippen LogP contribution in [0.25, 0.3) is 0 Å². The Balaban J connectivity index is 2.79. The van der Waals surface area contributed by atoms with E-state index in [-0.39, 0.29) is 18.7 Å². The molecule has 4 heteroatoms. The van der Waals surface area contributed by atoms with E-state index in [9.17, 15) is 4.79 Å². The highest BCUT2D eigenvalue weighted by molar-refractivity contribution is 5.69. The van der Waals surface area contributed by atoms with Gasteiger partial charge in [-0.15, -0.1) is 0 Å². The Kier molecular flexibility index (Phi) is 6.52. The van der Waals surface area contributed by atoms with E-state index in [0.29, 0.717) is 6.54 Å². The maximum atomic E-state index is 11.0. The van der Waals surface area contributed by atoms with E-state index in [1.54, 1.807) is 0 Å². The lowest BCUT2D eigenvalue weighted by Crippen LogP contribution is -2.36. The second-order valence-electron chi connectivity index (χ2n) is 5.37. The van der Waals surface area contributed by atoms with Gasteiger partial charge in [0.25, 0.3) is 0 Å². The molecule has 20 heavy (non-hydrogen) atoms. The van der Waals surface area contributed by atoms with Gasteiger partial charge in [0.1, 0.15) is 5.75 Å². The Morgan fingerprint density at radius 2 is 2.05 bits per heavy atom. The fourth-order valence-corrected chi connectivity index (χ4v) is 2.02. The molecule has 0 amide bonds. The summed E-state index contributed by atoms with van der Waals surface area (Å²) in [6.07, 6.45) is 1.06. The lowest BCUT2D eigenvalue weighted by molar-refractivity contribution is -0.139. The van der Waals surface area contributed by atoms with Crippen LogP contribution < -0.4 is 4.74 Å². The Labute approximate surface area is 121 Å². The minimum absolute atomic E-state index is 0.0598. The van der Waals surface area contributed by atoms with Crippen molar-refractivity contribution in [3.8, 4) is 5.75 Å². The van der Waals surface area contributed by atoms with E-state index in [0.717, 1.165) is 17.7 Å². The number of hydrogen-bond donors (Lipinski definition) is 1. The standard InChI is InChI=1S/C16H25NO3/c1-5-13(4)17(11-16(18)19)10-14-7-6-8-15(9-14)20-12(2)3/h6-9,12-13H,5,10-11H2,1-4H3,(H,18,19). The summed E-state index contributed by atoms with van der Waals surface area (Å²) < 4.78 is 5.67. The Hall–Kier alpha value is -1.55. The lowest BCUT2D eigenvalue weighted by atomic mass is 10.1. The maximum absolute atomic E-state index is 11.0. The van der Waals surface area contributed by atoms with E-state index in [4.69, 9.17) is 9.84 Å². The van der Waals surface area contributed by atoms with Gasteiger partial charge in [0, 0.05) is 12.6 Å². The summed E-state index contributed by atoms with van der Waals surface area (Å²) in [7, 11) is 0. The molecule has 1 aromatic rings. The predicted molar refractivity (Wildman–Crippen MR) is 80.0 cm³/mol. The zero-order valence-corrected chi connectivity index (χ0v) is 12.8. The van der Waals surface area contributed by atoms with Crippen LogP contribution >= 0.6 is 0 Å². The van der Waals surface area contributed by atoms with Crippen molar-refractivity contribution in [2.24, 2.45) is 0 Å². The fourth-order valence-electron chi connectivity index (χ4n) is 2.02. The number of carboxylic acids is 1. The van der Waals surface area contributed by atoms with Crippen LogP contribution in [0.3, 0.4) is 0 Å². The molecule has 1 unspecified atom stereocenters. The number of ether oxygens (including phenoxy) is 1. The topological polar surface area (TPSA) is 49.8 Å². The molecule has 0 bridgehead atoms. The van der Waals surface area contributed by atoms with Crippen LogP contribution in [0.4, 0.5) is 0 Å². The van der Waals surface area contributed by atoms with E-state index >= 15 is 0 Å². The van der Waals surface area contributed by atoms with Crippen LogP contribution in [0.2, 0.25) is 0 Å². The van der Waals surface area contributed by atoms with Gasteiger partial charge in [-0.2, -0.15) is 0 Å². The average molecular weight is 279 g/mol. The number of carboxylic acid groups (broad SMARTS) is 1. The molecule has 1 aromatic carbocycles. The number of benzene rings is 1. The second kappa shape index (κ2) is 7.90. The molecule has 0 spiro atoms. The molecule has 112 valence electrons. The van der Waals surface area contributed by atoms with E-state index < -0.39 is 5.97 Å². The Morgan fingerprint density at radius 1 is 1.35 bits per heavy atom. The summed E-state index contributed by atoms with van der Waals surface area (Å²) in [6, 6.07) is 8.10. The highest BCUT2D eigenvalue weighted by Crippen LogP contribution is 2.17. The van der Waals surface area contributed by atoms with Crippen molar-refractivity contribution in [2.75, 3.05) is 6.54 Å². The monoisotopic (exact) mass is 279 g/mol. The zero-order chi connectivity index (χ0) is 15.1. The van der Waals surface area contributed by atoms with Crippen LogP contribution in [0, 0.1) is 0 Å². The van der Waals surface area contributed by atoms with Crippen LogP contribution in [-0.2, 0) is 11.3 Å². The van der Waals surface area contributed by atoms with Crippen LogP contribution in [0.1, 0.15) is 39.7 Å². The third-order valence-corrected chi connectivity index (χ3v) is 3.21. The van der Waals surface area contributed by atoms with E-state index in [1.165, 1.54) is 0 Å². The number of nitrogens with zero attached hydrogens (tertiary/aromatic N) is 1. The molecular weight excluding hydrogens is 254 g/mol. The highest BCUT2D eigenvalue weighted by Gasteiger charge is 2.16. The number of rotatable bonds is 8. The molecule has 0 fully saturated rings. The first-order chi connectivity index (χ1) is 9.42. The molecule has 0 aliphatic rings. The molecule has 0 saturated carbocycles. The first-order valence-electron chi connectivity index (χ1n) is 7.13. The molecule has 0 saturated heterocycles. The van der Waals surface area contributed by atoms with Gasteiger partial charge >= 0.3 is 5.97 Å². The minimum Gasteiger partial charge on any atom is -0.491 e. The third kappa shape index (κ3) is 5.61. The molecular formula is C16H25NO3. The molecule has 0 aromatic heterocycles. The molecule has 0 aliphatic carbocycles. The van der Waals surface area contributed by atoms with Crippen LogP contribution in [-0.4, -0.2) is 34.7 Å². The number of hydrogen-bond acceptors (Lipinski definition) is 3. The van der Waals surface area contributed by atoms with Gasteiger partial charge in [-0.3, -0.25) is 9.69 Å². The van der Waals surface area contributed by atoms with E-state index in [2.05, 4.69) is 13.8 Å². The quantitative estimate of drug-likeness (QED) is 0.794. The van der Waals surface area contributed by atoms with Crippen molar-refractivity contribution >= 4 is 5.97 Å². The van der Waals surface area contributed by atoms with Gasteiger partial charge in [-0.25, -0.2) is 0 Å². The fraction of sp³-hybridized carbons (Fsp3) is 0.562. The van der Waals surface area contributed by atoms with Crippen molar-refractivity contribution in [1.82, 2.24) is 4.90 Å². The molecule has 1 N–H and O–H groups in total. The molecule has 0 heterocycles. The van der Waals surface area contributed by atoms with Crippen molar-refractivity contribution in [3.63, 3.8) is 0 Å². The highest BCUT2D eigenvalue weighted by atomic mass is 16.5. The van der Waals surface area contributed by atoms with Gasteiger partial charge in [0.15, 0.2) is 0 Å². The largest absolute Gasteiger partial charge is 0.491 e. The van der Waals surface area contributed by atoms with Crippen molar-refractivity contribution < 1.29 is 14.6 Å². The third-order valence-electron chi connectivity index (χ3n) is 3.21. The normalized spacial score (nSPS) is 12.7. The van der Waals surface area contributed by atoms with Crippen molar-refractivity contribution in [2.45, 2.75) is 52.8 Å². The predicted octanol–water partition coefficient (Wildman–Crippen LogP) is 3.16. The van der Waals surface area contributed by atoms with Crippen molar-refractivity contribution in [1.29, 1.82) is 0 Å². The van der Waals surface area contributed by atoms with E-state index in [1.807, 2.05) is 43.0 Å². The number of aliphatic carboxylic acids is 1.